The molecular weight excluding hydrogens is 414 g/mol. The fourth-order valence-electron chi connectivity index (χ4n) is 4.15. The summed E-state index contributed by atoms with van der Waals surface area (Å²) in [6.45, 7) is 8.06. The van der Waals surface area contributed by atoms with Crippen LogP contribution in [0.25, 0.3) is 11.6 Å². The van der Waals surface area contributed by atoms with Crippen LogP contribution < -0.4 is 0 Å². The Morgan fingerprint density at radius 3 is 2.61 bits per heavy atom. The maximum Gasteiger partial charge on any atom is 0.410 e. The van der Waals surface area contributed by atoms with Crippen LogP contribution in [0, 0.1) is 0 Å². The second-order valence-corrected chi connectivity index (χ2v) is 9.27. The van der Waals surface area contributed by atoms with E-state index < -0.39 is 5.60 Å². The van der Waals surface area contributed by atoms with Crippen molar-refractivity contribution in [1.29, 1.82) is 0 Å². The Kier molecular flexibility index (Phi) is 5.86. The molecule has 6 nitrogen and oxygen atoms in total. The number of amides is 1. The van der Waals surface area contributed by atoms with E-state index in [1.54, 1.807) is 11.1 Å². The SMILES string of the molecule is CC(C)(C)OC(=O)N1CCN(C2c3ccc(Cl)cc3C(C=O)=Cc3cccnc32)CC1. The fourth-order valence-corrected chi connectivity index (χ4v) is 4.32. The summed E-state index contributed by atoms with van der Waals surface area (Å²) in [5, 5.41) is 0.582. The Bertz CT molecular complexity index is 1040. The predicted octanol–water partition coefficient (Wildman–Crippen LogP) is 4.43. The zero-order chi connectivity index (χ0) is 22.2. The van der Waals surface area contributed by atoms with Gasteiger partial charge in [-0.15, -0.1) is 0 Å². The molecule has 0 radical (unpaired) electrons. The lowest BCUT2D eigenvalue weighted by Crippen LogP contribution is -2.51. The van der Waals surface area contributed by atoms with E-state index in [0.717, 1.165) is 28.7 Å². The van der Waals surface area contributed by atoms with Gasteiger partial charge in [-0.2, -0.15) is 0 Å². The van der Waals surface area contributed by atoms with Crippen molar-refractivity contribution >= 4 is 35.6 Å². The first-order chi connectivity index (χ1) is 14.8. The summed E-state index contributed by atoms with van der Waals surface area (Å²) >= 11 is 6.27. The minimum atomic E-state index is -0.520. The molecule has 1 unspecified atom stereocenters. The van der Waals surface area contributed by atoms with Crippen LogP contribution in [0.5, 0.6) is 0 Å². The van der Waals surface area contributed by atoms with Gasteiger partial charge in [-0.3, -0.25) is 14.7 Å². The van der Waals surface area contributed by atoms with Crippen LogP contribution >= 0.6 is 11.6 Å². The summed E-state index contributed by atoms with van der Waals surface area (Å²) in [5.41, 5.74) is 3.69. The Hall–Kier alpha value is -2.70. The number of aromatic nitrogens is 1. The highest BCUT2D eigenvalue weighted by molar-refractivity contribution is 6.31. The number of carbonyl (C=O) groups is 2. The molecule has 2 aromatic rings. The van der Waals surface area contributed by atoms with Gasteiger partial charge in [-0.1, -0.05) is 23.7 Å². The minimum absolute atomic E-state index is 0.141. The number of nitrogens with zero attached hydrogens (tertiary/aromatic N) is 3. The summed E-state index contributed by atoms with van der Waals surface area (Å²) in [5.74, 6) is 0. The summed E-state index contributed by atoms with van der Waals surface area (Å²) in [6, 6.07) is 9.37. The van der Waals surface area contributed by atoms with Crippen LogP contribution in [-0.2, 0) is 9.53 Å². The molecule has 7 heteroatoms. The van der Waals surface area contributed by atoms with Crippen molar-refractivity contribution in [2.75, 3.05) is 26.2 Å². The van der Waals surface area contributed by atoms with Crippen molar-refractivity contribution in [2.45, 2.75) is 32.4 Å². The number of hydrogen-bond donors (Lipinski definition) is 0. The molecule has 1 aliphatic carbocycles. The first-order valence-corrected chi connectivity index (χ1v) is 10.8. The van der Waals surface area contributed by atoms with Gasteiger partial charge in [-0.25, -0.2) is 4.79 Å². The maximum atomic E-state index is 12.5. The van der Waals surface area contributed by atoms with Gasteiger partial charge < -0.3 is 9.64 Å². The number of rotatable bonds is 2. The molecule has 1 aromatic heterocycles. The Morgan fingerprint density at radius 2 is 1.94 bits per heavy atom. The average molecular weight is 440 g/mol. The van der Waals surface area contributed by atoms with Crippen molar-refractivity contribution < 1.29 is 14.3 Å². The second-order valence-electron chi connectivity index (χ2n) is 8.83. The van der Waals surface area contributed by atoms with Crippen molar-refractivity contribution in [1.82, 2.24) is 14.8 Å². The number of halogens is 1. The Balaban J connectivity index is 1.67. The highest BCUT2D eigenvalue weighted by Gasteiger charge is 2.34. The molecule has 162 valence electrons. The highest BCUT2D eigenvalue weighted by Crippen LogP contribution is 2.39. The molecule has 0 N–H and O–H groups in total. The number of hydrogen-bond acceptors (Lipinski definition) is 5. The lowest BCUT2D eigenvalue weighted by molar-refractivity contribution is -0.103. The van der Waals surface area contributed by atoms with Gasteiger partial charge in [-0.05, 0) is 61.7 Å². The number of piperazine rings is 1. The Morgan fingerprint density at radius 1 is 1.19 bits per heavy atom. The Labute approximate surface area is 187 Å². The molecule has 2 aliphatic rings. The summed E-state index contributed by atoms with van der Waals surface area (Å²) in [6.07, 6.45) is 4.23. The molecule has 1 aromatic carbocycles. The lowest BCUT2D eigenvalue weighted by Gasteiger charge is -2.40. The van der Waals surface area contributed by atoms with Gasteiger partial charge in [0.15, 0.2) is 6.29 Å². The van der Waals surface area contributed by atoms with Crippen LogP contribution in [0.4, 0.5) is 4.79 Å². The zero-order valence-corrected chi connectivity index (χ0v) is 18.7. The molecule has 1 atom stereocenters. The van der Waals surface area contributed by atoms with E-state index in [0.29, 0.717) is 36.8 Å². The predicted molar refractivity (Wildman–Crippen MR) is 121 cm³/mol. The van der Waals surface area contributed by atoms with Crippen LogP contribution in [-0.4, -0.2) is 58.9 Å². The number of pyridine rings is 1. The van der Waals surface area contributed by atoms with Gasteiger partial charge in [0.2, 0.25) is 0 Å². The number of fused-ring (bicyclic) bond motifs is 2. The normalized spacial score (nSPS) is 19.0. The van der Waals surface area contributed by atoms with E-state index >= 15 is 0 Å². The largest absolute Gasteiger partial charge is 0.444 e. The molecular formula is C24H26ClN3O3. The number of benzene rings is 1. The van der Waals surface area contributed by atoms with E-state index in [1.807, 2.05) is 57.2 Å². The minimum Gasteiger partial charge on any atom is -0.444 e. The number of aldehydes is 1. The molecule has 1 fully saturated rings. The molecule has 1 saturated heterocycles. The summed E-state index contributed by atoms with van der Waals surface area (Å²) in [7, 11) is 0. The molecule has 31 heavy (non-hydrogen) atoms. The van der Waals surface area contributed by atoms with Gasteiger partial charge in [0, 0.05) is 43.0 Å². The fraction of sp³-hybridized carbons (Fsp3) is 0.375. The van der Waals surface area contributed by atoms with Gasteiger partial charge in [0.25, 0.3) is 0 Å². The van der Waals surface area contributed by atoms with Crippen LogP contribution in [0.1, 0.15) is 49.2 Å². The number of ether oxygens (including phenoxy) is 1. The third-order valence-electron chi connectivity index (χ3n) is 5.52. The molecule has 1 amide bonds. The summed E-state index contributed by atoms with van der Waals surface area (Å²) in [4.78, 5) is 33.1. The standard InChI is InChI=1S/C24H26ClN3O3/c1-24(2,3)31-23(30)28-11-9-27(10-12-28)22-19-7-6-18(25)14-20(19)17(15-29)13-16-5-4-8-26-21(16)22/h4-8,13-15,22H,9-12H2,1-3H3. The third kappa shape index (κ3) is 4.50. The lowest BCUT2D eigenvalue weighted by atomic mass is 9.94. The van der Waals surface area contributed by atoms with Crippen LogP contribution in [0.15, 0.2) is 36.5 Å². The average Bonchev–Trinajstić information content (AvgIpc) is 2.86. The second kappa shape index (κ2) is 8.44. The van der Waals surface area contributed by atoms with Crippen LogP contribution in [0.3, 0.4) is 0 Å². The highest BCUT2D eigenvalue weighted by atomic mass is 35.5. The van der Waals surface area contributed by atoms with E-state index in [2.05, 4.69) is 9.88 Å². The topological polar surface area (TPSA) is 62.7 Å². The molecule has 4 rings (SSSR count). The van der Waals surface area contributed by atoms with E-state index in [4.69, 9.17) is 16.3 Å². The smallest absolute Gasteiger partial charge is 0.410 e. The monoisotopic (exact) mass is 439 g/mol. The molecule has 0 saturated carbocycles. The first-order valence-electron chi connectivity index (χ1n) is 10.4. The first kappa shape index (κ1) is 21.5. The van der Waals surface area contributed by atoms with E-state index in [-0.39, 0.29) is 12.1 Å². The van der Waals surface area contributed by atoms with Crippen molar-refractivity contribution in [3.05, 3.63) is 63.9 Å². The van der Waals surface area contributed by atoms with Crippen molar-refractivity contribution in [3.8, 4) is 0 Å². The molecule has 2 heterocycles. The maximum absolute atomic E-state index is 12.5. The van der Waals surface area contributed by atoms with Gasteiger partial charge in [0.1, 0.15) is 5.60 Å². The molecule has 0 bridgehead atoms. The van der Waals surface area contributed by atoms with Crippen LogP contribution in [0.2, 0.25) is 5.02 Å². The molecule has 1 aliphatic heterocycles. The van der Waals surface area contributed by atoms with Crippen molar-refractivity contribution in [2.24, 2.45) is 0 Å². The summed E-state index contributed by atoms with van der Waals surface area (Å²) < 4.78 is 5.53. The third-order valence-corrected chi connectivity index (χ3v) is 5.76. The number of allylic oxidation sites excluding steroid dienone is 1. The van der Waals surface area contributed by atoms with Crippen molar-refractivity contribution in [3.63, 3.8) is 0 Å². The van der Waals surface area contributed by atoms with E-state index in [9.17, 15) is 9.59 Å². The van der Waals surface area contributed by atoms with E-state index in [1.165, 1.54) is 0 Å². The quantitative estimate of drug-likeness (QED) is 0.648. The zero-order valence-electron chi connectivity index (χ0n) is 18.0. The molecule has 0 spiro atoms. The van der Waals surface area contributed by atoms with Gasteiger partial charge in [0.05, 0.1) is 11.7 Å². The van der Waals surface area contributed by atoms with Gasteiger partial charge >= 0.3 is 6.09 Å². The number of carbonyl (C=O) groups excluding carboxylic acids is 2.